The zero-order valence-corrected chi connectivity index (χ0v) is 11.9. The van der Waals surface area contributed by atoms with Crippen LogP contribution in [0, 0.1) is 0 Å². The van der Waals surface area contributed by atoms with Gasteiger partial charge in [0.2, 0.25) is 0 Å². The summed E-state index contributed by atoms with van der Waals surface area (Å²) < 4.78 is 19.9. The van der Waals surface area contributed by atoms with Crippen LogP contribution in [0.4, 0.5) is 4.39 Å². The fourth-order valence-electron chi connectivity index (χ4n) is 2.35. The van der Waals surface area contributed by atoms with E-state index in [2.05, 4.69) is 21.6 Å². The van der Waals surface area contributed by atoms with E-state index in [0.717, 1.165) is 0 Å². The van der Waals surface area contributed by atoms with Crippen LogP contribution in [-0.2, 0) is 4.74 Å². The summed E-state index contributed by atoms with van der Waals surface area (Å²) in [6.45, 7) is 4.22. The highest BCUT2D eigenvalue weighted by Gasteiger charge is 2.56. The molecule has 1 saturated heterocycles. The summed E-state index contributed by atoms with van der Waals surface area (Å²) in [7, 11) is 0. The highest BCUT2D eigenvalue weighted by Crippen LogP contribution is 2.37. The van der Waals surface area contributed by atoms with Gasteiger partial charge in [-0.2, -0.15) is 0 Å². The van der Waals surface area contributed by atoms with Crippen molar-refractivity contribution < 1.29 is 19.3 Å². The second kappa shape index (κ2) is 5.93. The van der Waals surface area contributed by atoms with E-state index in [4.69, 9.17) is 16.0 Å². The molecule has 0 aromatic carbocycles. The molecule has 2 aliphatic rings. The zero-order valence-electron chi connectivity index (χ0n) is 11.9. The van der Waals surface area contributed by atoms with E-state index in [1.165, 1.54) is 11.1 Å². The number of aliphatic hydroxyl groups is 2. The van der Waals surface area contributed by atoms with Gasteiger partial charge in [-0.15, -0.1) is 0 Å². The molecule has 2 aliphatic heterocycles. The van der Waals surface area contributed by atoms with Gasteiger partial charge in [-0.05, 0) is 12.5 Å². The summed E-state index contributed by atoms with van der Waals surface area (Å²) in [6, 6.07) is 0. The monoisotopic (exact) mass is 312 g/mol. The number of nitrogens with zero attached hydrogens (tertiary/aromatic N) is 5. The second-order valence-corrected chi connectivity index (χ2v) is 5.14. The lowest BCUT2D eigenvalue weighted by molar-refractivity contribution is -0.128. The highest BCUT2D eigenvalue weighted by molar-refractivity contribution is 5.97. The maximum absolute atomic E-state index is 14.5. The zero-order chi connectivity index (χ0) is 16.5. The standard InChI is InChI=1S/C12H17FN6O3/c1-6-3-19(7(2)17-10(6)14)11-8(13)9(21)12(5-20,22-11)4-16-18-15/h3,8-9,11,20-21H,2,4-5H2,1H3,(H2,14,17)/t8-,9+,11-,12-/m1/s1. The van der Waals surface area contributed by atoms with Gasteiger partial charge >= 0.3 is 0 Å². The van der Waals surface area contributed by atoms with Crippen molar-refractivity contribution in [3.05, 3.63) is 34.6 Å². The molecular formula is C12H17FN6O3. The summed E-state index contributed by atoms with van der Waals surface area (Å²) in [5.74, 6) is 0.387. The lowest BCUT2D eigenvalue weighted by Crippen LogP contribution is -2.48. The molecule has 0 aliphatic carbocycles. The van der Waals surface area contributed by atoms with E-state index in [1.54, 1.807) is 6.92 Å². The Kier molecular flexibility index (Phi) is 4.38. The molecule has 9 nitrogen and oxygen atoms in total. The summed E-state index contributed by atoms with van der Waals surface area (Å²) >= 11 is 0. The van der Waals surface area contributed by atoms with Crippen LogP contribution >= 0.6 is 0 Å². The van der Waals surface area contributed by atoms with E-state index in [9.17, 15) is 14.6 Å². The van der Waals surface area contributed by atoms with E-state index in [1.807, 2.05) is 0 Å². The number of ether oxygens (including phenoxy) is 1. The van der Waals surface area contributed by atoms with Crippen LogP contribution in [-0.4, -0.2) is 58.2 Å². The van der Waals surface area contributed by atoms with Crippen molar-refractivity contribution in [2.45, 2.75) is 31.0 Å². The molecule has 2 heterocycles. The fraction of sp³-hybridized carbons (Fsp3) is 0.583. The third-order valence-electron chi connectivity index (χ3n) is 3.70. The maximum atomic E-state index is 14.5. The number of azide groups is 1. The Bertz CT molecular complexity index is 587. The van der Waals surface area contributed by atoms with Gasteiger partial charge < -0.3 is 25.6 Å². The molecule has 22 heavy (non-hydrogen) atoms. The third kappa shape index (κ3) is 2.53. The van der Waals surface area contributed by atoms with Gasteiger partial charge in [0.15, 0.2) is 12.4 Å². The molecule has 0 aromatic heterocycles. The average molecular weight is 312 g/mol. The van der Waals surface area contributed by atoms with Crippen LogP contribution in [0.25, 0.3) is 10.4 Å². The molecule has 0 aromatic rings. The Morgan fingerprint density at radius 1 is 1.73 bits per heavy atom. The van der Waals surface area contributed by atoms with Crippen LogP contribution in [0.15, 0.2) is 34.3 Å². The number of rotatable bonds is 4. The summed E-state index contributed by atoms with van der Waals surface area (Å²) in [4.78, 5) is 7.80. The molecule has 120 valence electrons. The lowest BCUT2D eigenvalue weighted by atomic mass is 9.97. The van der Waals surface area contributed by atoms with Crippen LogP contribution in [0.2, 0.25) is 0 Å². The largest absolute Gasteiger partial charge is 0.393 e. The topological polar surface area (TPSA) is 140 Å². The molecular weight excluding hydrogens is 295 g/mol. The number of hydrogen-bond donors (Lipinski definition) is 3. The van der Waals surface area contributed by atoms with Crippen LogP contribution in [0.3, 0.4) is 0 Å². The Hall–Kier alpha value is -2.13. The Morgan fingerprint density at radius 3 is 3.00 bits per heavy atom. The average Bonchev–Trinajstić information content (AvgIpc) is 2.74. The molecule has 4 atom stereocenters. The first kappa shape index (κ1) is 16.2. The van der Waals surface area contributed by atoms with Crippen LogP contribution in [0.1, 0.15) is 6.92 Å². The SMILES string of the molecule is C=C1N=C(N)C(C)=CN1[C@@H]1O[C@@](CO)(CN=[N+]=[N-])[C@@H](O)[C@H]1F. The van der Waals surface area contributed by atoms with E-state index >= 15 is 0 Å². The molecule has 0 amide bonds. The number of alkyl halides is 1. The summed E-state index contributed by atoms with van der Waals surface area (Å²) in [6.07, 6.45) is -3.31. The van der Waals surface area contributed by atoms with Gasteiger partial charge in [0.05, 0.1) is 13.2 Å². The van der Waals surface area contributed by atoms with Gasteiger partial charge in [-0.1, -0.05) is 11.7 Å². The number of nitrogens with two attached hydrogens (primary N) is 1. The maximum Gasteiger partial charge on any atom is 0.174 e. The van der Waals surface area contributed by atoms with Crippen molar-refractivity contribution in [3.8, 4) is 0 Å². The van der Waals surface area contributed by atoms with Crippen LogP contribution < -0.4 is 5.73 Å². The first-order valence-electron chi connectivity index (χ1n) is 6.48. The quantitative estimate of drug-likeness (QED) is 0.384. The van der Waals surface area contributed by atoms with Crippen molar-refractivity contribution in [3.63, 3.8) is 0 Å². The molecule has 0 radical (unpaired) electrons. The minimum absolute atomic E-state index is 0.139. The van der Waals surface area contributed by atoms with Crippen molar-refractivity contribution in [2.75, 3.05) is 13.2 Å². The minimum Gasteiger partial charge on any atom is -0.393 e. The van der Waals surface area contributed by atoms with Gasteiger partial charge in [-0.25, -0.2) is 9.38 Å². The molecule has 0 saturated carbocycles. The van der Waals surface area contributed by atoms with E-state index in [0.29, 0.717) is 5.57 Å². The highest BCUT2D eigenvalue weighted by atomic mass is 19.1. The number of halogens is 1. The predicted octanol–water partition coefficient (Wildman–Crippen LogP) is 0.131. The molecule has 10 heteroatoms. The number of aliphatic hydroxyl groups excluding tert-OH is 2. The van der Waals surface area contributed by atoms with Crippen molar-refractivity contribution in [1.82, 2.24) is 4.90 Å². The van der Waals surface area contributed by atoms with Crippen molar-refractivity contribution in [1.29, 1.82) is 0 Å². The lowest BCUT2D eigenvalue weighted by Gasteiger charge is -2.32. The minimum atomic E-state index is -1.86. The van der Waals surface area contributed by atoms with Gasteiger partial charge in [0.25, 0.3) is 0 Å². The molecule has 0 unspecified atom stereocenters. The Morgan fingerprint density at radius 2 is 2.41 bits per heavy atom. The molecule has 4 N–H and O–H groups in total. The predicted molar refractivity (Wildman–Crippen MR) is 76.0 cm³/mol. The Labute approximate surface area is 125 Å². The van der Waals surface area contributed by atoms with Crippen LogP contribution in [0.5, 0.6) is 0 Å². The van der Waals surface area contributed by atoms with Crippen molar-refractivity contribution in [2.24, 2.45) is 15.8 Å². The normalized spacial score (nSPS) is 35.0. The van der Waals surface area contributed by atoms with E-state index in [-0.39, 0.29) is 11.7 Å². The smallest absolute Gasteiger partial charge is 0.174 e. The first-order chi connectivity index (χ1) is 10.4. The Balaban J connectivity index is 2.30. The number of hydrogen-bond acceptors (Lipinski definition) is 7. The number of amidine groups is 1. The van der Waals surface area contributed by atoms with Gasteiger partial charge in [0.1, 0.15) is 23.4 Å². The molecule has 0 bridgehead atoms. The molecule has 0 spiro atoms. The third-order valence-corrected chi connectivity index (χ3v) is 3.70. The molecule has 1 fully saturated rings. The summed E-state index contributed by atoms with van der Waals surface area (Å²) in [5.41, 5.74) is 12.9. The van der Waals surface area contributed by atoms with Crippen molar-refractivity contribution >= 4 is 5.84 Å². The summed E-state index contributed by atoms with van der Waals surface area (Å²) in [5, 5.41) is 22.8. The fourth-order valence-corrected chi connectivity index (χ4v) is 2.35. The number of aliphatic imine (C=N–C) groups is 1. The molecule has 2 rings (SSSR count). The first-order valence-corrected chi connectivity index (χ1v) is 6.48. The van der Waals surface area contributed by atoms with Gasteiger partial charge in [0, 0.05) is 16.7 Å². The van der Waals surface area contributed by atoms with Gasteiger partial charge in [-0.3, -0.25) is 0 Å². The second-order valence-electron chi connectivity index (χ2n) is 5.14. The van der Waals surface area contributed by atoms with E-state index < -0.39 is 37.3 Å².